The Labute approximate surface area is 202 Å². The molecule has 4 saturated carbocycles. The first-order valence-corrected chi connectivity index (χ1v) is 12.5. The van der Waals surface area contributed by atoms with Gasteiger partial charge in [0.15, 0.2) is 6.29 Å². The van der Waals surface area contributed by atoms with Gasteiger partial charge in [-0.3, -0.25) is 4.79 Å². The molecule has 184 valence electrons. The maximum atomic E-state index is 14.3. The van der Waals surface area contributed by atoms with Gasteiger partial charge in [-0.1, -0.05) is 18.2 Å². The van der Waals surface area contributed by atoms with Gasteiger partial charge in [0.05, 0.1) is 36.9 Å². The van der Waals surface area contributed by atoms with Crippen LogP contribution in [-0.4, -0.2) is 34.6 Å². The number of fused-ring (bicyclic) bond motifs is 1. The van der Waals surface area contributed by atoms with E-state index >= 15 is 0 Å². The van der Waals surface area contributed by atoms with Crippen molar-refractivity contribution in [3.05, 3.63) is 52.0 Å². The summed E-state index contributed by atoms with van der Waals surface area (Å²) in [4.78, 5) is 22.2. The maximum absolute atomic E-state index is 14.3. The third-order valence-electron chi connectivity index (χ3n) is 8.63. The Morgan fingerprint density at radius 2 is 2.00 bits per heavy atom. The first-order valence-electron chi connectivity index (χ1n) is 12.5. The Balaban J connectivity index is 1.19. The summed E-state index contributed by atoms with van der Waals surface area (Å²) in [6.07, 6.45) is 0.703. The molecule has 35 heavy (non-hydrogen) atoms. The Bertz CT molecular complexity index is 1240. The van der Waals surface area contributed by atoms with E-state index in [2.05, 4.69) is 20.6 Å². The number of ether oxygens (including phenoxy) is 2. The van der Waals surface area contributed by atoms with Crippen LogP contribution in [-0.2, 0) is 33.0 Å². The van der Waals surface area contributed by atoms with Crippen molar-refractivity contribution in [2.45, 2.75) is 63.3 Å². The molecule has 9 heteroatoms. The molecule has 1 aromatic heterocycles. The van der Waals surface area contributed by atoms with Gasteiger partial charge in [-0.2, -0.15) is 0 Å². The molecule has 2 aromatic rings. The van der Waals surface area contributed by atoms with E-state index in [0.29, 0.717) is 59.9 Å². The van der Waals surface area contributed by atoms with E-state index < -0.39 is 12.2 Å². The fourth-order valence-corrected chi connectivity index (χ4v) is 6.78. The number of alkyl halides is 2. The number of aromatic nitrogens is 2. The highest BCUT2D eigenvalue weighted by molar-refractivity contribution is 5.82. The molecule has 1 aromatic carbocycles. The number of halogens is 2. The lowest BCUT2D eigenvalue weighted by molar-refractivity contribution is -0.123. The van der Waals surface area contributed by atoms with Crippen LogP contribution in [0.3, 0.4) is 0 Å². The Morgan fingerprint density at radius 1 is 1.23 bits per heavy atom. The first-order chi connectivity index (χ1) is 16.8. The number of anilines is 1. The molecule has 5 fully saturated rings. The highest BCUT2D eigenvalue weighted by Crippen LogP contribution is 2.90. The minimum absolute atomic E-state index is 0.0462. The molecule has 3 atom stereocenters. The molecule has 6 aliphatic rings. The average Bonchev–Trinajstić information content (AvgIpc) is 3.35. The number of rotatable bonds is 7. The molecule has 0 radical (unpaired) electrons. The maximum Gasteiger partial charge on any atom is 0.273 e. The van der Waals surface area contributed by atoms with Crippen molar-refractivity contribution in [2.75, 3.05) is 18.5 Å². The van der Waals surface area contributed by atoms with Crippen molar-refractivity contribution in [2.24, 2.45) is 17.8 Å². The van der Waals surface area contributed by atoms with E-state index in [9.17, 15) is 13.6 Å². The lowest BCUT2D eigenvalue weighted by Gasteiger charge is -2.39. The summed E-state index contributed by atoms with van der Waals surface area (Å²) in [5.41, 5.74) is 2.87. The number of amides is 1. The quantitative estimate of drug-likeness (QED) is 0.626. The van der Waals surface area contributed by atoms with Crippen molar-refractivity contribution in [1.82, 2.24) is 15.3 Å². The van der Waals surface area contributed by atoms with Gasteiger partial charge in [0, 0.05) is 17.5 Å². The Hall–Kier alpha value is -2.65. The second-order valence-electron chi connectivity index (χ2n) is 10.7. The van der Waals surface area contributed by atoms with Crippen molar-refractivity contribution >= 4 is 11.7 Å². The fraction of sp³-hybridized carbons (Fsp3) is 0.577. The predicted octanol–water partition coefficient (Wildman–Crippen LogP) is 3.72. The zero-order chi connectivity index (χ0) is 24.1. The summed E-state index contributed by atoms with van der Waals surface area (Å²) >= 11 is 0. The van der Waals surface area contributed by atoms with Gasteiger partial charge in [0.25, 0.3) is 5.92 Å². The van der Waals surface area contributed by atoms with Gasteiger partial charge < -0.3 is 20.1 Å². The molecule has 2 unspecified atom stereocenters. The van der Waals surface area contributed by atoms with Crippen LogP contribution < -0.4 is 10.6 Å². The number of nitrogens with one attached hydrogen (secondary N) is 2. The largest absolute Gasteiger partial charge is 0.363 e. The molecule has 1 saturated heterocycles. The van der Waals surface area contributed by atoms with Gasteiger partial charge in [-0.15, -0.1) is 0 Å². The summed E-state index contributed by atoms with van der Waals surface area (Å²) < 4.78 is 40.3. The number of benzene rings is 1. The van der Waals surface area contributed by atoms with Gasteiger partial charge in [0.2, 0.25) is 5.91 Å². The zero-order valence-electron chi connectivity index (χ0n) is 19.7. The third kappa shape index (κ3) is 3.17. The standard InChI is InChI=1S/C26H28F2N4O3/c1-12(14-4-3-5-17-15(14)6-7-26(17,27)28)29-23-20(24-34-8-9-35-24)18(30-13(2)31-23)10-19(33)32-25-11-16-21(25)22(16)25/h3-5,12,16,21-22,24H,6-11H2,1-2H3,(H,32,33)(H,29,30,31)/t12-,16?,21?,22?,25?/m1/s1. The lowest BCUT2D eigenvalue weighted by atomic mass is 9.75. The van der Waals surface area contributed by atoms with Gasteiger partial charge in [0.1, 0.15) is 11.6 Å². The lowest BCUT2D eigenvalue weighted by Crippen LogP contribution is -2.54. The van der Waals surface area contributed by atoms with Crippen molar-refractivity contribution < 1.29 is 23.0 Å². The molecule has 7 nitrogen and oxygen atoms in total. The normalized spacial score (nSPS) is 31.8. The smallest absolute Gasteiger partial charge is 0.273 e. The fourth-order valence-electron chi connectivity index (χ4n) is 6.78. The van der Waals surface area contributed by atoms with Crippen LogP contribution in [0.5, 0.6) is 0 Å². The molecular formula is C26H28F2N4O3. The van der Waals surface area contributed by atoms with Crippen molar-refractivity contribution in [3.8, 4) is 0 Å². The molecule has 5 aliphatic carbocycles. The van der Waals surface area contributed by atoms with Crippen molar-refractivity contribution in [1.29, 1.82) is 0 Å². The SMILES string of the molecule is Cc1nc(CC(=O)NC23CC4C2C43)c(C2OCCO2)c(N[C@H](C)c2cccc3c2CCC3(F)F)n1. The number of aryl methyl sites for hydroxylation is 1. The van der Waals surface area contributed by atoms with Crippen LogP contribution in [0.4, 0.5) is 14.6 Å². The molecule has 0 spiro atoms. The summed E-state index contributed by atoms with van der Waals surface area (Å²) in [7, 11) is 0. The highest BCUT2D eigenvalue weighted by atomic mass is 19.3. The second kappa shape index (κ2) is 7.20. The van der Waals surface area contributed by atoms with E-state index in [0.717, 1.165) is 17.9 Å². The summed E-state index contributed by atoms with van der Waals surface area (Å²) in [5.74, 6) is 0.452. The van der Waals surface area contributed by atoms with Crippen LogP contribution in [0.15, 0.2) is 18.2 Å². The number of nitrogens with zero attached hydrogens (tertiary/aromatic N) is 2. The van der Waals surface area contributed by atoms with Gasteiger partial charge in [-0.05, 0) is 55.6 Å². The van der Waals surface area contributed by atoms with Crippen LogP contribution in [0.1, 0.15) is 65.9 Å². The van der Waals surface area contributed by atoms with Crippen LogP contribution in [0.2, 0.25) is 0 Å². The highest BCUT2D eigenvalue weighted by Gasteiger charge is 2.94. The monoisotopic (exact) mass is 482 g/mol. The predicted molar refractivity (Wildman–Crippen MR) is 122 cm³/mol. The molecule has 2 N–H and O–H groups in total. The zero-order valence-corrected chi connectivity index (χ0v) is 19.7. The average molecular weight is 483 g/mol. The number of hydrogen-bond donors (Lipinski definition) is 2. The minimum Gasteiger partial charge on any atom is -0.363 e. The van der Waals surface area contributed by atoms with Gasteiger partial charge >= 0.3 is 0 Å². The number of carbonyl (C=O) groups excluding carboxylic acids is 1. The van der Waals surface area contributed by atoms with E-state index in [1.165, 1.54) is 6.07 Å². The van der Waals surface area contributed by atoms with E-state index in [4.69, 9.17) is 9.47 Å². The van der Waals surface area contributed by atoms with E-state index in [-0.39, 0.29) is 35.9 Å². The molecular weight excluding hydrogens is 454 g/mol. The van der Waals surface area contributed by atoms with Gasteiger partial charge in [-0.25, -0.2) is 18.7 Å². The number of carbonyl (C=O) groups is 1. The molecule has 2 bridgehead atoms. The molecule has 8 rings (SSSR count). The minimum atomic E-state index is -2.80. The van der Waals surface area contributed by atoms with Crippen LogP contribution in [0, 0.1) is 24.7 Å². The Morgan fingerprint density at radius 3 is 2.69 bits per heavy atom. The van der Waals surface area contributed by atoms with Crippen LogP contribution in [0.25, 0.3) is 0 Å². The first kappa shape index (κ1) is 21.6. The topological polar surface area (TPSA) is 85.4 Å². The summed E-state index contributed by atoms with van der Waals surface area (Å²) in [6, 6.07) is 4.79. The molecule has 1 amide bonds. The van der Waals surface area contributed by atoms with E-state index in [1.54, 1.807) is 13.0 Å². The second-order valence-corrected chi connectivity index (χ2v) is 10.7. The van der Waals surface area contributed by atoms with Crippen LogP contribution >= 0.6 is 0 Å². The van der Waals surface area contributed by atoms with Crippen molar-refractivity contribution in [3.63, 3.8) is 0 Å². The summed E-state index contributed by atoms with van der Waals surface area (Å²) in [5, 5.41) is 6.64. The molecule has 1 aliphatic heterocycles. The van der Waals surface area contributed by atoms with E-state index in [1.807, 2.05) is 13.0 Å². The number of hydrogen-bond acceptors (Lipinski definition) is 6. The Kier molecular flexibility index (Phi) is 4.44. The third-order valence-corrected chi connectivity index (χ3v) is 8.63. The molecule has 2 heterocycles. The summed E-state index contributed by atoms with van der Waals surface area (Å²) in [6.45, 7) is 4.59.